The number of hydrogen-bond acceptors (Lipinski definition) is 5. The number of imide groups is 1. The number of amides is 2. The molecule has 6 nitrogen and oxygen atoms in total. The highest BCUT2D eigenvalue weighted by molar-refractivity contribution is 6.46. The summed E-state index contributed by atoms with van der Waals surface area (Å²) in [6, 6.07) is 21.1. The predicted molar refractivity (Wildman–Crippen MR) is 130 cm³/mol. The predicted octanol–water partition coefficient (Wildman–Crippen LogP) is 5.53. The van der Waals surface area contributed by atoms with E-state index in [2.05, 4.69) is 5.32 Å². The minimum atomic E-state index is -0.498. The largest absolute Gasteiger partial charge is 0.495 e. The van der Waals surface area contributed by atoms with E-state index in [4.69, 9.17) is 21.1 Å². The van der Waals surface area contributed by atoms with Gasteiger partial charge in [-0.3, -0.25) is 9.59 Å². The van der Waals surface area contributed by atoms with Crippen LogP contribution in [0.25, 0.3) is 5.57 Å². The van der Waals surface area contributed by atoms with E-state index in [0.717, 1.165) is 4.90 Å². The number of anilines is 2. The van der Waals surface area contributed by atoms with Gasteiger partial charge in [-0.15, -0.1) is 0 Å². The van der Waals surface area contributed by atoms with Crippen LogP contribution in [0.4, 0.5) is 11.4 Å². The molecule has 0 aromatic heterocycles. The number of carbonyl (C=O) groups excluding carboxylic acids is 2. The highest BCUT2D eigenvalue weighted by Crippen LogP contribution is 2.39. The first kappa shape index (κ1) is 22.4. The van der Waals surface area contributed by atoms with E-state index < -0.39 is 11.8 Å². The van der Waals surface area contributed by atoms with Gasteiger partial charge in [-0.2, -0.15) is 0 Å². The van der Waals surface area contributed by atoms with Crippen molar-refractivity contribution in [2.75, 3.05) is 17.3 Å². The van der Waals surface area contributed by atoms with Crippen LogP contribution in [0.3, 0.4) is 0 Å². The summed E-state index contributed by atoms with van der Waals surface area (Å²) in [4.78, 5) is 28.2. The van der Waals surface area contributed by atoms with Crippen LogP contribution in [0, 0.1) is 0 Å². The van der Waals surface area contributed by atoms with Crippen LogP contribution in [0.1, 0.15) is 19.4 Å². The zero-order valence-corrected chi connectivity index (χ0v) is 19.2. The van der Waals surface area contributed by atoms with E-state index in [1.165, 1.54) is 7.11 Å². The first-order valence-corrected chi connectivity index (χ1v) is 10.8. The van der Waals surface area contributed by atoms with Gasteiger partial charge in [0.2, 0.25) is 0 Å². The minimum absolute atomic E-state index is 0.0477. The summed E-state index contributed by atoms with van der Waals surface area (Å²) in [5, 5.41) is 3.52. The Balaban J connectivity index is 1.76. The molecule has 1 heterocycles. The molecule has 0 unspecified atom stereocenters. The van der Waals surface area contributed by atoms with Crippen molar-refractivity contribution in [2.24, 2.45) is 0 Å². The van der Waals surface area contributed by atoms with Gasteiger partial charge in [-0.1, -0.05) is 41.9 Å². The molecule has 0 radical (unpaired) electrons. The van der Waals surface area contributed by atoms with Gasteiger partial charge >= 0.3 is 0 Å². The lowest BCUT2D eigenvalue weighted by Gasteiger charge is -2.18. The molecule has 4 rings (SSSR count). The molecule has 1 N–H and O–H groups in total. The fourth-order valence-electron chi connectivity index (χ4n) is 3.61. The molecule has 0 saturated carbocycles. The number of ether oxygens (including phenoxy) is 2. The fourth-order valence-corrected chi connectivity index (χ4v) is 3.77. The van der Waals surface area contributed by atoms with Crippen molar-refractivity contribution in [1.82, 2.24) is 0 Å². The average molecular weight is 463 g/mol. The molecule has 7 heteroatoms. The third kappa shape index (κ3) is 4.56. The molecule has 2 amide bonds. The first-order chi connectivity index (χ1) is 15.9. The van der Waals surface area contributed by atoms with E-state index in [1.54, 1.807) is 42.5 Å². The first-order valence-electron chi connectivity index (χ1n) is 10.4. The van der Waals surface area contributed by atoms with E-state index in [9.17, 15) is 9.59 Å². The Morgan fingerprint density at radius 3 is 2.24 bits per heavy atom. The molecular weight excluding hydrogens is 440 g/mol. The lowest BCUT2D eigenvalue weighted by molar-refractivity contribution is -0.120. The molecule has 1 aliphatic rings. The van der Waals surface area contributed by atoms with Crippen LogP contribution in [-0.4, -0.2) is 25.0 Å². The Labute approximate surface area is 197 Å². The molecular formula is C26H23ClN2O4. The SMILES string of the molecule is COc1ccc(Cl)cc1N1C(=O)C(Nc2ccc(OC(C)C)cc2)=C(c2ccccc2)C1=O. The number of nitrogens with zero attached hydrogens (tertiary/aromatic N) is 1. The molecule has 0 bridgehead atoms. The quantitative estimate of drug-likeness (QED) is 0.467. The minimum Gasteiger partial charge on any atom is -0.495 e. The molecule has 3 aromatic carbocycles. The van der Waals surface area contributed by atoms with E-state index in [-0.39, 0.29) is 23.1 Å². The summed E-state index contributed by atoms with van der Waals surface area (Å²) in [6.45, 7) is 3.90. The second-order valence-corrected chi connectivity index (χ2v) is 8.13. The molecule has 0 fully saturated rings. The molecule has 33 heavy (non-hydrogen) atoms. The Bertz CT molecular complexity index is 1220. The van der Waals surface area contributed by atoms with Crippen LogP contribution in [0.2, 0.25) is 5.02 Å². The van der Waals surface area contributed by atoms with Gasteiger partial charge in [0.25, 0.3) is 11.8 Å². The van der Waals surface area contributed by atoms with Crippen molar-refractivity contribution in [3.05, 3.63) is 89.1 Å². The molecule has 0 saturated heterocycles. The molecule has 3 aromatic rings. The number of benzene rings is 3. The van der Waals surface area contributed by atoms with Gasteiger partial charge in [-0.05, 0) is 61.9 Å². The maximum atomic E-state index is 13.6. The van der Waals surface area contributed by atoms with Crippen molar-refractivity contribution >= 4 is 40.4 Å². The molecule has 0 aliphatic carbocycles. The molecule has 1 aliphatic heterocycles. The van der Waals surface area contributed by atoms with E-state index in [0.29, 0.717) is 27.8 Å². The Morgan fingerprint density at radius 2 is 1.61 bits per heavy atom. The lowest BCUT2D eigenvalue weighted by atomic mass is 10.0. The molecule has 0 atom stereocenters. The Hall–Kier alpha value is -3.77. The Kier molecular flexibility index (Phi) is 6.38. The fraction of sp³-hybridized carbons (Fsp3) is 0.154. The highest BCUT2D eigenvalue weighted by Gasteiger charge is 2.41. The third-order valence-corrected chi connectivity index (χ3v) is 5.26. The van der Waals surface area contributed by atoms with Crippen LogP contribution >= 0.6 is 11.6 Å². The van der Waals surface area contributed by atoms with Crippen LogP contribution in [0.15, 0.2) is 78.5 Å². The smallest absolute Gasteiger partial charge is 0.282 e. The van der Waals surface area contributed by atoms with Gasteiger partial charge in [0, 0.05) is 10.7 Å². The Morgan fingerprint density at radius 1 is 0.909 bits per heavy atom. The summed E-state index contributed by atoms with van der Waals surface area (Å²) >= 11 is 6.17. The third-order valence-electron chi connectivity index (χ3n) is 5.02. The monoisotopic (exact) mass is 462 g/mol. The maximum Gasteiger partial charge on any atom is 0.282 e. The number of carbonyl (C=O) groups is 2. The van der Waals surface area contributed by atoms with Crippen molar-refractivity contribution in [3.8, 4) is 11.5 Å². The van der Waals surface area contributed by atoms with E-state index in [1.807, 2.05) is 44.2 Å². The summed E-state index contributed by atoms with van der Waals surface area (Å²) < 4.78 is 11.1. The van der Waals surface area contributed by atoms with Crippen molar-refractivity contribution < 1.29 is 19.1 Å². The van der Waals surface area contributed by atoms with Gasteiger partial charge in [0.15, 0.2) is 0 Å². The van der Waals surface area contributed by atoms with Gasteiger partial charge < -0.3 is 14.8 Å². The van der Waals surface area contributed by atoms with E-state index >= 15 is 0 Å². The normalized spacial score (nSPS) is 13.7. The van der Waals surface area contributed by atoms with Crippen molar-refractivity contribution in [1.29, 1.82) is 0 Å². The standard InChI is InChI=1S/C26H23ClN2O4/c1-16(2)33-20-12-10-19(11-13-20)28-24-23(17-7-5-4-6-8-17)25(30)29(26(24)31)21-15-18(27)9-14-22(21)32-3/h4-16,28H,1-3H3. The molecule has 168 valence electrons. The summed E-state index contributed by atoms with van der Waals surface area (Å²) in [6.07, 6.45) is 0.0477. The van der Waals surface area contributed by atoms with Gasteiger partial charge in [0.05, 0.1) is 24.5 Å². The average Bonchev–Trinajstić information content (AvgIpc) is 3.04. The summed E-state index contributed by atoms with van der Waals surface area (Å²) in [5.74, 6) is 0.118. The molecule has 0 spiro atoms. The second-order valence-electron chi connectivity index (χ2n) is 7.69. The van der Waals surface area contributed by atoms with Crippen LogP contribution in [0.5, 0.6) is 11.5 Å². The second kappa shape index (κ2) is 9.38. The van der Waals surface area contributed by atoms with Gasteiger partial charge in [-0.25, -0.2) is 4.90 Å². The maximum absolute atomic E-state index is 13.6. The highest BCUT2D eigenvalue weighted by atomic mass is 35.5. The van der Waals surface area contributed by atoms with Gasteiger partial charge in [0.1, 0.15) is 17.2 Å². The number of rotatable bonds is 7. The van der Waals surface area contributed by atoms with Crippen LogP contribution < -0.4 is 19.7 Å². The van der Waals surface area contributed by atoms with Crippen molar-refractivity contribution in [3.63, 3.8) is 0 Å². The number of halogens is 1. The number of nitrogens with one attached hydrogen (secondary N) is 1. The topological polar surface area (TPSA) is 67.9 Å². The summed E-state index contributed by atoms with van der Waals surface area (Å²) in [7, 11) is 1.48. The number of hydrogen-bond donors (Lipinski definition) is 1. The van der Waals surface area contributed by atoms with Crippen molar-refractivity contribution in [2.45, 2.75) is 20.0 Å². The zero-order valence-electron chi connectivity index (χ0n) is 18.5. The number of methoxy groups -OCH3 is 1. The van der Waals surface area contributed by atoms with Crippen LogP contribution in [-0.2, 0) is 9.59 Å². The summed E-state index contributed by atoms with van der Waals surface area (Å²) in [5.41, 5.74) is 2.00. The lowest BCUT2D eigenvalue weighted by Crippen LogP contribution is -2.32. The zero-order chi connectivity index (χ0) is 23.5.